The zero-order chi connectivity index (χ0) is 14.9. The van der Waals surface area contributed by atoms with Gasteiger partial charge in [-0.15, -0.1) is 0 Å². The maximum Gasteiger partial charge on any atom is 0.191 e. The van der Waals surface area contributed by atoms with E-state index in [1.807, 2.05) is 6.92 Å². The van der Waals surface area contributed by atoms with Crippen LogP contribution in [-0.4, -0.2) is 38.9 Å². The smallest absolute Gasteiger partial charge is 0.191 e. The molecule has 1 aromatic rings. The minimum Gasteiger partial charge on any atom is -0.491 e. The van der Waals surface area contributed by atoms with Gasteiger partial charge in [-0.2, -0.15) is 0 Å². The fourth-order valence-electron chi connectivity index (χ4n) is 2.13. The highest BCUT2D eigenvalue weighted by Gasteiger charge is 2.07. The Labute approximate surface area is 126 Å². The molecule has 21 heavy (non-hydrogen) atoms. The van der Waals surface area contributed by atoms with Crippen molar-refractivity contribution in [2.24, 2.45) is 4.99 Å². The fraction of sp³-hybridized carbons (Fsp3) is 0.562. The van der Waals surface area contributed by atoms with Gasteiger partial charge in [0.2, 0.25) is 0 Å². The Balaban J connectivity index is 1.92. The van der Waals surface area contributed by atoms with E-state index in [1.165, 1.54) is 5.56 Å². The second kappa shape index (κ2) is 8.52. The maximum atomic E-state index is 5.83. The molecule has 0 fully saturated rings. The van der Waals surface area contributed by atoms with Crippen molar-refractivity contribution < 1.29 is 9.47 Å². The summed E-state index contributed by atoms with van der Waals surface area (Å²) in [5, 5.41) is 6.59. The van der Waals surface area contributed by atoms with E-state index in [-0.39, 0.29) is 0 Å². The Hall–Kier alpha value is -1.75. The van der Waals surface area contributed by atoms with Gasteiger partial charge >= 0.3 is 0 Å². The van der Waals surface area contributed by atoms with Crippen LogP contribution in [0.5, 0.6) is 5.75 Å². The molecule has 0 spiro atoms. The number of nitrogens with one attached hydrogen (secondary N) is 2. The third-order valence-electron chi connectivity index (χ3n) is 3.26. The number of aryl methyl sites for hydroxylation is 1. The van der Waals surface area contributed by atoms with Gasteiger partial charge in [0.15, 0.2) is 5.96 Å². The Bertz CT molecular complexity index is 475. The summed E-state index contributed by atoms with van der Waals surface area (Å²) in [6.07, 6.45) is 1.10. The monoisotopic (exact) mass is 291 g/mol. The van der Waals surface area contributed by atoms with Gasteiger partial charge in [-0.25, -0.2) is 0 Å². The lowest BCUT2D eigenvalue weighted by Crippen LogP contribution is -2.40. The van der Waals surface area contributed by atoms with E-state index in [9.17, 15) is 0 Å². The maximum absolute atomic E-state index is 5.83. The molecule has 5 heteroatoms. The Kier molecular flexibility index (Phi) is 6.34. The molecule has 0 amide bonds. The summed E-state index contributed by atoms with van der Waals surface area (Å²) in [6, 6.07) is 6.27. The highest BCUT2D eigenvalue weighted by atomic mass is 16.5. The molecule has 0 radical (unpaired) electrons. The molecule has 0 saturated carbocycles. The van der Waals surface area contributed by atoms with Crippen LogP contribution < -0.4 is 15.4 Å². The number of rotatable bonds is 7. The molecular formula is C16H25N3O2. The number of nitrogens with zero attached hydrogens (tertiary/aromatic N) is 1. The van der Waals surface area contributed by atoms with E-state index < -0.39 is 0 Å². The number of hydrogen-bond donors (Lipinski definition) is 2. The number of guanidine groups is 1. The molecule has 1 heterocycles. The van der Waals surface area contributed by atoms with E-state index in [4.69, 9.17) is 9.47 Å². The van der Waals surface area contributed by atoms with E-state index >= 15 is 0 Å². The zero-order valence-corrected chi connectivity index (χ0v) is 12.9. The zero-order valence-electron chi connectivity index (χ0n) is 12.9. The Morgan fingerprint density at radius 3 is 3.00 bits per heavy atom. The largest absolute Gasteiger partial charge is 0.491 e. The van der Waals surface area contributed by atoms with Gasteiger partial charge in [0, 0.05) is 31.8 Å². The summed E-state index contributed by atoms with van der Waals surface area (Å²) < 4.78 is 11.1. The van der Waals surface area contributed by atoms with Crippen LogP contribution in [0.2, 0.25) is 0 Å². The van der Waals surface area contributed by atoms with Crippen molar-refractivity contribution in [3.63, 3.8) is 0 Å². The molecule has 0 atom stereocenters. The predicted octanol–water partition coefficient (Wildman–Crippen LogP) is 1.85. The summed E-state index contributed by atoms with van der Waals surface area (Å²) in [6.45, 7) is 8.54. The topological polar surface area (TPSA) is 54.9 Å². The van der Waals surface area contributed by atoms with E-state index in [2.05, 4.69) is 40.7 Å². The average molecular weight is 291 g/mol. The number of benzene rings is 1. The van der Waals surface area contributed by atoms with Crippen LogP contribution in [0.1, 0.15) is 24.5 Å². The van der Waals surface area contributed by atoms with Gasteiger partial charge < -0.3 is 20.1 Å². The summed E-state index contributed by atoms with van der Waals surface area (Å²) in [5.41, 5.74) is 2.32. The van der Waals surface area contributed by atoms with E-state index in [0.29, 0.717) is 19.8 Å². The minimum absolute atomic E-state index is 0.573. The second-order valence-corrected chi connectivity index (χ2v) is 5.02. The summed E-state index contributed by atoms with van der Waals surface area (Å²) in [5.74, 6) is 1.79. The third-order valence-corrected chi connectivity index (χ3v) is 3.26. The van der Waals surface area contributed by atoms with Crippen molar-refractivity contribution in [1.82, 2.24) is 10.6 Å². The summed E-state index contributed by atoms with van der Waals surface area (Å²) >= 11 is 0. The van der Waals surface area contributed by atoms with Crippen LogP contribution >= 0.6 is 0 Å². The molecular weight excluding hydrogens is 266 g/mol. The van der Waals surface area contributed by atoms with Crippen molar-refractivity contribution in [2.75, 3.05) is 32.9 Å². The normalized spacial score (nSPS) is 14.3. The van der Waals surface area contributed by atoms with Crippen molar-refractivity contribution in [3.8, 4) is 5.75 Å². The molecule has 2 N–H and O–H groups in total. The molecule has 1 aliphatic rings. The lowest BCUT2D eigenvalue weighted by Gasteiger charge is -2.18. The predicted molar refractivity (Wildman–Crippen MR) is 84.9 cm³/mol. The average Bonchev–Trinajstić information content (AvgIpc) is 2.52. The van der Waals surface area contributed by atoms with Gasteiger partial charge in [-0.05, 0) is 31.9 Å². The lowest BCUT2D eigenvalue weighted by molar-refractivity contribution is 0.110. The molecule has 0 saturated heterocycles. The van der Waals surface area contributed by atoms with Crippen LogP contribution in [0.3, 0.4) is 0 Å². The first-order valence-electron chi connectivity index (χ1n) is 7.62. The van der Waals surface area contributed by atoms with Crippen LogP contribution in [0.15, 0.2) is 23.2 Å². The molecule has 0 aliphatic carbocycles. The van der Waals surface area contributed by atoms with Gasteiger partial charge in [0.25, 0.3) is 0 Å². The van der Waals surface area contributed by atoms with Crippen molar-refractivity contribution in [3.05, 3.63) is 29.3 Å². The fourth-order valence-corrected chi connectivity index (χ4v) is 2.13. The number of aliphatic imine (C=N–C) groups is 1. The Morgan fingerprint density at radius 1 is 1.33 bits per heavy atom. The van der Waals surface area contributed by atoms with Crippen LogP contribution in [-0.2, 0) is 11.3 Å². The molecule has 1 aliphatic heterocycles. The molecule has 5 nitrogen and oxygen atoms in total. The van der Waals surface area contributed by atoms with Crippen LogP contribution in [0, 0.1) is 6.92 Å². The summed E-state index contributed by atoms with van der Waals surface area (Å²) in [7, 11) is 0. The highest BCUT2D eigenvalue weighted by Crippen LogP contribution is 2.20. The molecule has 0 bridgehead atoms. The second-order valence-electron chi connectivity index (χ2n) is 5.02. The van der Waals surface area contributed by atoms with Gasteiger partial charge in [-0.3, -0.25) is 4.99 Å². The number of ether oxygens (including phenoxy) is 2. The third kappa shape index (κ3) is 5.27. The first-order valence-corrected chi connectivity index (χ1v) is 7.62. The molecule has 0 unspecified atom stereocenters. The first kappa shape index (κ1) is 15.6. The van der Waals surface area contributed by atoms with Crippen LogP contribution in [0.25, 0.3) is 0 Å². The van der Waals surface area contributed by atoms with Gasteiger partial charge in [-0.1, -0.05) is 12.1 Å². The Morgan fingerprint density at radius 2 is 2.24 bits per heavy atom. The molecule has 1 aromatic carbocycles. The van der Waals surface area contributed by atoms with Crippen LogP contribution in [0.4, 0.5) is 0 Å². The standard InChI is InChI=1S/C16H25N3O2/c1-3-20-9-10-21-15-11-13(2)5-6-14(15)12-19-16-17-7-4-8-18-16/h5-6,11H,3-4,7-10,12H2,1-2H3,(H2,17,18,19). The molecule has 116 valence electrons. The highest BCUT2D eigenvalue weighted by molar-refractivity contribution is 5.80. The van der Waals surface area contributed by atoms with Crippen molar-refractivity contribution in [1.29, 1.82) is 0 Å². The van der Waals surface area contributed by atoms with Crippen molar-refractivity contribution >= 4 is 5.96 Å². The first-order chi connectivity index (χ1) is 10.3. The van der Waals surface area contributed by atoms with E-state index in [1.54, 1.807) is 0 Å². The van der Waals surface area contributed by atoms with Gasteiger partial charge in [0.1, 0.15) is 12.4 Å². The van der Waals surface area contributed by atoms with Gasteiger partial charge in [0.05, 0.1) is 6.61 Å². The SMILES string of the molecule is CCOCCOc1cc(C)ccc1CNC1=NCCCN1. The van der Waals surface area contributed by atoms with E-state index in [0.717, 1.165) is 43.4 Å². The minimum atomic E-state index is 0.573. The quantitative estimate of drug-likeness (QED) is 0.753. The molecule has 2 rings (SSSR count). The lowest BCUT2D eigenvalue weighted by atomic mass is 10.1. The summed E-state index contributed by atoms with van der Waals surface area (Å²) in [4.78, 5) is 4.41. The number of hydrogen-bond acceptors (Lipinski definition) is 5. The van der Waals surface area contributed by atoms with Crippen molar-refractivity contribution in [2.45, 2.75) is 26.8 Å². The molecule has 0 aromatic heterocycles.